The van der Waals surface area contributed by atoms with E-state index >= 15 is 0 Å². The third-order valence-corrected chi connectivity index (χ3v) is 3.96. The number of likely N-dealkylation sites (tertiary alicyclic amines) is 1. The van der Waals surface area contributed by atoms with Crippen LogP contribution >= 0.6 is 0 Å². The molecule has 8 heteroatoms. The number of hydrogen-bond donors (Lipinski definition) is 1. The van der Waals surface area contributed by atoms with Gasteiger partial charge in [-0.25, -0.2) is 0 Å². The van der Waals surface area contributed by atoms with Crippen molar-refractivity contribution in [3.05, 3.63) is 23.8 Å². The number of fused-ring (bicyclic) bond motifs is 1. The minimum absolute atomic E-state index is 0.0373. The molecule has 1 N–H and O–H groups in total. The fourth-order valence-corrected chi connectivity index (χ4v) is 2.85. The van der Waals surface area contributed by atoms with Gasteiger partial charge in [0.2, 0.25) is 6.79 Å². The maximum atomic E-state index is 12.3. The summed E-state index contributed by atoms with van der Waals surface area (Å²) >= 11 is 0. The van der Waals surface area contributed by atoms with Crippen LogP contribution in [0.4, 0.5) is 13.2 Å². The number of amides is 1. The first-order chi connectivity index (χ1) is 10.9. The van der Waals surface area contributed by atoms with Crippen molar-refractivity contribution in [3.63, 3.8) is 0 Å². The van der Waals surface area contributed by atoms with Crippen molar-refractivity contribution in [2.24, 2.45) is 5.92 Å². The van der Waals surface area contributed by atoms with Crippen LogP contribution in [-0.4, -0.2) is 50.0 Å². The molecule has 0 aliphatic carbocycles. The predicted molar refractivity (Wildman–Crippen MR) is 75.5 cm³/mol. The molecule has 0 aromatic heterocycles. The largest absolute Gasteiger partial charge is 0.454 e. The number of ether oxygens (including phenoxy) is 2. The minimum Gasteiger partial charge on any atom is -0.454 e. The highest BCUT2D eigenvalue weighted by atomic mass is 19.4. The molecule has 0 saturated carbocycles. The van der Waals surface area contributed by atoms with Crippen molar-refractivity contribution in [1.29, 1.82) is 0 Å². The fourth-order valence-electron chi connectivity index (χ4n) is 2.85. The number of halogens is 3. The quantitative estimate of drug-likeness (QED) is 0.918. The van der Waals surface area contributed by atoms with Gasteiger partial charge in [0.15, 0.2) is 11.5 Å². The van der Waals surface area contributed by atoms with Gasteiger partial charge in [-0.05, 0) is 37.1 Å². The molecule has 0 bridgehead atoms. The average molecular weight is 330 g/mol. The number of hydrogen-bond acceptors (Lipinski definition) is 4. The SMILES string of the molecule is O=C(NC[C@@H]1CCN(CC(F)(F)F)C1)c1ccc2c(c1)OCO2. The van der Waals surface area contributed by atoms with Crippen LogP contribution in [0.1, 0.15) is 16.8 Å². The van der Waals surface area contributed by atoms with E-state index in [-0.39, 0.29) is 18.6 Å². The first-order valence-electron chi connectivity index (χ1n) is 7.38. The van der Waals surface area contributed by atoms with Crippen LogP contribution in [0.25, 0.3) is 0 Å². The normalized spacial score (nSPS) is 20.7. The zero-order valence-corrected chi connectivity index (χ0v) is 12.4. The first-order valence-corrected chi connectivity index (χ1v) is 7.38. The van der Waals surface area contributed by atoms with Crippen LogP contribution in [0.2, 0.25) is 0 Å². The van der Waals surface area contributed by atoms with Crippen LogP contribution in [0.15, 0.2) is 18.2 Å². The van der Waals surface area contributed by atoms with E-state index in [4.69, 9.17) is 9.47 Å². The van der Waals surface area contributed by atoms with E-state index < -0.39 is 12.7 Å². The summed E-state index contributed by atoms with van der Waals surface area (Å²) in [6.45, 7) is 0.365. The maximum Gasteiger partial charge on any atom is 0.401 e. The minimum atomic E-state index is -4.18. The van der Waals surface area contributed by atoms with E-state index in [0.29, 0.717) is 43.1 Å². The molecule has 126 valence electrons. The van der Waals surface area contributed by atoms with Crippen molar-refractivity contribution in [1.82, 2.24) is 10.2 Å². The number of nitrogens with one attached hydrogen (secondary N) is 1. The third kappa shape index (κ3) is 4.07. The van der Waals surface area contributed by atoms with E-state index in [9.17, 15) is 18.0 Å². The van der Waals surface area contributed by atoms with Crippen LogP contribution in [0.5, 0.6) is 11.5 Å². The van der Waals surface area contributed by atoms with Gasteiger partial charge in [-0.1, -0.05) is 0 Å². The fraction of sp³-hybridized carbons (Fsp3) is 0.533. The number of carbonyl (C=O) groups excluding carboxylic acids is 1. The van der Waals surface area contributed by atoms with E-state index in [1.807, 2.05) is 0 Å². The number of alkyl halides is 3. The summed E-state index contributed by atoms with van der Waals surface area (Å²) in [7, 11) is 0. The first kappa shape index (κ1) is 15.9. The van der Waals surface area contributed by atoms with Gasteiger partial charge >= 0.3 is 6.18 Å². The van der Waals surface area contributed by atoms with Crippen molar-refractivity contribution in [2.45, 2.75) is 12.6 Å². The molecule has 5 nitrogen and oxygen atoms in total. The molecule has 1 atom stereocenters. The molecule has 2 heterocycles. The lowest BCUT2D eigenvalue weighted by molar-refractivity contribution is -0.143. The summed E-state index contributed by atoms with van der Waals surface area (Å²) in [5, 5.41) is 2.77. The zero-order chi connectivity index (χ0) is 16.4. The Kier molecular flexibility index (Phi) is 4.34. The summed E-state index contributed by atoms with van der Waals surface area (Å²) in [6, 6.07) is 4.90. The molecule has 1 amide bonds. The lowest BCUT2D eigenvalue weighted by Crippen LogP contribution is -2.34. The number of carbonyl (C=O) groups is 1. The molecular weight excluding hydrogens is 313 g/mol. The number of benzene rings is 1. The van der Waals surface area contributed by atoms with Crippen LogP contribution in [0, 0.1) is 5.92 Å². The van der Waals surface area contributed by atoms with Gasteiger partial charge in [0.25, 0.3) is 5.91 Å². The Morgan fingerprint density at radius 1 is 1.30 bits per heavy atom. The zero-order valence-electron chi connectivity index (χ0n) is 12.4. The molecule has 2 aliphatic rings. The summed E-state index contributed by atoms with van der Waals surface area (Å²) in [5.41, 5.74) is 0.444. The number of nitrogens with zero attached hydrogens (tertiary/aromatic N) is 1. The Bertz CT molecular complexity index is 592. The summed E-state index contributed by atoms with van der Waals surface area (Å²) in [4.78, 5) is 13.5. The second-order valence-corrected chi connectivity index (χ2v) is 5.78. The molecule has 1 saturated heterocycles. The van der Waals surface area contributed by atoms with Gasteiger partial charge < -0.3 is 14.8 Å². The van der Waals surface area contributed by atoms with Crippen LogP contribution in [0.3, 0.4) is 0 Å². The van der Waals surface area contributed by atoms with Gasteiger partial charge in [0.1, 0.15) is 0 Å². The van der Waals surface area contributed by atoms with Crippen molar-refractivity contribution < 1.29 is 27.4 Å². The molecule has 0 radical (unpaired) electrons. The van der Waals surface area contributed by atoms with Crippen molar-refractivity contribution >= 4 is 5.91 Å². The second kappa shape index (κ2) is 6.27. The Morgan fingerprint density at radius 2 is 2.09 bits per heavy atom. The molecule has 3 rings (SSSR count). The molecule has 0 unspecified atom stereocenters. The molecule has 1 aromatic rings. The third-order valence-electron chi connectivity index (χ3n) is 3.96. The van der Waals surface area contributed by atoms with Gasteiger partial charge in [-0.2, -0.15) is 13.2 Å². The molecular formula is C15H17F3N2O3. The van der Waals surface area contributed by atoms with E-state index in [0.717, 1.165) is 0 Å². The highest BCUT2D eigenvalue weighted by Gasteiger charge is 2.34. The molecule has 0 spiro atoms. The second-order valence-electron chi connectivity index (χ2n) is 5.78. The van der Waals surface area contributed by atoms with E-state index in [1.165, 1.54) is 4.90 Å². The number of rotatable bonds is 4. The lowest BCUT2D eigenvalue weighted by atomic mass is 10.1. The van der Waals surface area contributed by atoms with Crippen LogP contribution in [-0.2, 0) is 0 Å². The van der Waals surface area contributed by atoms with Gasteiger partial charge in [0, 0.05) is 18.7 Å². The molecule has 2 aliphatic heterocycles. The molecule has 23 heavy (non-hydrogen) atoms. The summed E-state index contributed by atoms with van der Waals surface area (Å²) in [5.74, 6) is 0.892. The summed E-state index contributed by atoms with van der Waals surface area (Å²) in [6.07, 6.45) is -3.53. The average Bonchev–Trinajstić information content (AvgIpc) is 3.11. The summed E-state index contributed by atoms with van der Waals surface area (Å²) < 4.78 is 47.4. The maximum absolute atomic E-state index is 12.3. The molecule has 1 aromatic carbocycles. The Balaban J connectivity index is 1.48. The standard InChI is InChI=1S/C15H17F3N2O3/c16-15(17,18)8-20-4-3-10(7-20)6-19-14(21)11-1-2-12-13(5-11)23-9-22-12/h1-2,5,10H,3-4,6-9H2,(H,19,21)/t10-/m0/s1. The Hall–Kier alpha value is -1.96. The Labute approximate surface area is 131 Å². The van der Waals surface area contributed by atoms with Gasteiger partial charge in [-0.3, -0.25) is 9.69 Å². The van der Waals surface area contributed by atoms with Crippen LogP contribution < -0.4 is 14.8 Å². The van der Waals surface area contributed by atoms with Crippen molar-refractivity contribution in [2.75, 3.05) is 33.0 Å². The predicted octanol–water partition coefficient (Wildman–Crippen LogP) is 2.03. The van der Waals surface area contributed by atoms with E-state index in [2.05, 4.69) is 5.32 Å². The molecule has 1 fully saturated rings. The van der Waals surface area contributed by atoms with Gasteiger partial charge in [0.05, 0.1) is 6.54 Å². The Morgan fingerprint density at radius 3 is 2.87 bits per heavy atom. The van der Waals surface area contributed by atoms with Gasteiger partial charge in [-0.15, -0.1) is 0 Å². The topological polar surface area (TPSA) is 50.8 Å². The lowest BCUT2D eigenvalue weighted by Gasteiger charge is -2.18. The smallest absolute Gasteiger partial charge is 0.401 e. The van der Waals surface area contributed by atoms with E-state index in [1.54, 1.807) is 18.2 Å². The highest BCUT2D eigenvalue weighted by Crippen LogP contribution is 2.32. The van der Waals surface area contributed by atoms with Crippen molar-refractivity contribution in [3.8, 4) is 11.5 Å². The monoisotopic (exact) mass is 330 g/mol. The highest BCUT2D eigenvalue weighted by molar-refractivity contribution is 5.94.